The van der Waals surface area contributed by atoms with Gasteiger partial charge in [0.1, 0.15) is 18.6 Å². The minimum Gasteiger partial charge on any atom is -0.480 e. The standard InChI is InChI=1S/C28H41N7O8/c1-19(34-21(18-37)9-6-14-36)35-22(28(42)43)10-11-24(38)32-16-25(39)30-12-13-31-26(40)17-33-27(41)23(29-2)15-20-7-4-3-5-8-20/h3-5,7-8,14,18,21-23,29,34-35H,1,6,9-13,15-17H2,2H3,(H,30,39)(H,31,40)(H,32,38)(H,33,41)(H,42,43). The summed E-state index contributed by atoms with van der Waals surface area (Å²) in [5.41, 5.74) is 0.975. The van der Waals surface area contributed by atoms with Crippen LogP contribution in [0, 0.1) is 0 Å². The maximum absolute atomic E-state index is 12.4. The fourth-order valence-corrected chi connectivity index (χ4v) is 3.69. The highest BCUT2D eigenvalue weighted by atomic mass is 16.4. The van der Waals surface area contributed by atoms with E-state index in [2.05, 4.69) is 43.8 Å². The third-order valence-corrected chi connectivity index (χ3v) is 6.01. The molecule has 0 aliphatic rings. The fourth-order valence-electron chi connectivity index (χ4n) is 3.69. The summed E-state index contributed by atoms with van der Waals surface area (Å²) in [7, 11) is 1.66. The summed E-state index contributed by atoms with van der Waals surface area (Å²) in [4.78, 5) is 81.5. The molecular formula is C28H41N7O8. The van der Waals surface area contributed by atoms with E-state index >= 15 is 0 Å². The lowest BCUT2D eigenvalue weighted by molar-refractivity contribution is -0.139. The van der Waals surface area contributed by atoms with Crippen LogP contribution in [0.2, 0.25) is 0 Å². The van der Waals surface area contributed by atoms with E-state index in [1.54, 1.807) is 7.05 Å². The van der Waals surface area contributed by atoms with Gasteiger partial charge in [-0.05, 0) is 31.9 Å². The second kappa shape index (κ2) is 21.0. The van der Waals surface area contributed by atoms with Crippen molar-refractivity contribution in [3.8, 4) is 0 Å². The van der Waals surface area contributed by atoms with Crippen molar-refractivity contribution in [2.75, 3.05) is 33.2 Å². The first kappa shape index (κ1) is 36.2. The van der Waals surface area contributed by atoms with Crippen LogP contribution in [-0.4, -0.2) is 98.6 Å². The number of amides is 4. The first-order valence-corrected chi connectivity index (χ1v) is 13.7. The van der Waals surface area contributed by atoms with Crippen LogP contribution in [0.3, 0.4) is 0 Å². The number of carbonyl (C=O) groups excluding carboxylic acids is 6. The van der Waals surface area contributed by atoms with Crippen LogP contribution in [0.1, 0.15) is 31.2 Å². The summed E-state index contributed by atoms with van der Waals surface area (Å²) in [6.07, 6.45) is 1.71. The van der Waals surface area contributed by atoms with Crippen molar-refractivity contribution in [2.24, 2.45) is 0 Å². The Balaban J connectivity index is 2.25. The molecule has 3 unspecified atom stereocenters. The molecule has 236 valence electrons. The molecule has 0 aliphatic carbocycles. The highest BCUT2D eigenvalue weighted by Gasteiger charge is 2.21. The normalized spacial score (nSPS) is 12.4. The van der Waals surface area contributed by atoms with Crippen molar-refractivity contribution in [2.45, 2.75) is 50.2 Å². The van der Waals surface area contributed by atoms with Crippen molar-refractivity contribution < 1.29 is 38.7 Å². The lowest BCUT2D eigenvalue weighted by atomic mass is 10.1. The Morgan fingerprint density at radius 2 is 1.47 bits per heavy atom. The number of carbonyl (C=O) groups is 7. The highest BCUT2D eigenvalue weighted by molar-refractivity contribution is 5.88. The van der Waals surface area contributed by atoms with Crippen LogP contribution in [0.4, 0.5) is 0 Å². The molecule has 15 nitrogen and oxygen atoms in total. The summed E-state index contributed by atoms with van der Waals surface area (Å²) in [5, 5.41) is 27.6. The Bertz CT molecular complexity index is 1100. The smallest absolute Gasteiger partial charge is 0.326 e. The van der Waals surface area contributed by atoms with Crippen LogP contribution in [0.15, 0.2) is 42.7 Å². The summed E-state index contributed by atoms with van der Waals surface area (Å²) < 4.78 is 0. The Morgan fingerprint density at radius 1 is 0.837 bits per heavy atom. The molecule has 1 rings (SSSR count). The zero-order valence-corrected chi connectivity index (χ0v) is 24.1. The van der Waals surface area contributed by atoms with Crippen molar-refractivity contribution in [3.05, 3.63) is 48.3 Å². The van der Waals surface area contributed by atoms with Crippen LogP contribution < -0.4 is 37.2 Å². The topological polar surface area (TPSA) is 224 Å². The third kappa shape index (κ3) is 16.3. The largest absolute Gasteiger partial charge is 0.480 e. The van der Waals surface area contributed by atoms with Gasteiger partial charge in [-0.15, -0.1) is 0 Å². The summed E-state index contributed by atoms with van der Waals surface area (Å²) in [6.45, 7) is 3.20. The van der Waals surface area contributed by atoms with E-state index in [9.17, 15) is 38.7 Å². The second-order valence-corrected chi connectivity index (χ2v) is 9.41. The van der Waals surface area contributed by atoms with Gasteiger partial charge < -0.3 is 51.9 Å². The van der Waals surface area contributed by atoms with E-state index in [1.165, 1.54) is 0 Å². The SMILES string of the molecule is C=C(NC(C=O)CCC=O)NC(CCC(=O)NCC(=O)NCCNC(=O)CNC(=O)C(Cc1ccccc1)NC)C(=O)O. The van der Waals surface area contributed by atoms with Crippen molar-refractivity contribution in [1.29, 1.82) is 0 Å². The predicted octanol–water partition coefficient (Wildman–Crippen LogP) is -2.29. The molecule has 0 radical (unpaired) electrons. The number of aliphatic carboxylic acids is 1. The predicted molar refractivity (Wildman–Crippen MR) is 156 cm³/mol. The number of hydrogen-bond acceptors (Lipinski definition) is 10. The Hall–Kier alpha value is -4.79. The van der Waals surface area contributed by atoms with Gasteiger partial charge >= 0.3 is 5.97 Å². The minimum absolute atomic E-state index is 0.0508. The van der Waals surface area contributed by atoms with E-state index in [0.717, 1.165) is 5.56 Å². The number of carboxylic acid groups (broad SMARTS) is 1. The Labute approximate surface area is 250 Å². The number of rotatable bonds is 23. The maximum atomic E-state index is 12.4. The van der Waals surface area contributed by atoms with Gasteiger partial charge in [-0.3, -0.25) is 19.2 Å². The molecule has 0 spiro atoms. The van der Waals surface area contributed by atoms with Crippen molar-refractivity contribution in [3.63, 3.8) is 0 Å². The van der Waals surface area contributed by atoms with Crippen LogP contribution in [-0.2, 0) is 40.0 Å². The Morgan fingerprint density at radius 3 is 2.02 bits per heavy atom. The molecule has 4 amide bonds. The van der Waals surface area contributed by atoms with Crippen LogP contribution in [0.25, 0.3) is 0 Å². The van der Waals surface area contributed by atoms with E-state index in [0.29, 0.717) is 19.0 Å². The van der Waals surface area contributed by atoms with E-state index in [-0.39, 0.29) is 63.6 Å². The molecule has 3 atom stereocenters. The van der Waals surface area contributed by atoms with Gasteiger partial charge in [-0.25, -0.2) is 4.79 Å². The average molecular weight is 604 g/mol. The molecule has 0 bridgehead atoms. The Kier molecular flexibility index (Phi) is 17.7. The highest BCUT2D eigenvalue weighted by Crippen LogP contribution is 2.03. The van der Waals surface area contributed by atoms with Crippen molar-refractivity contribution >= 4 is 42.2 Å². The molecule has 15 heteroatoms. The molecule has 0 saturated carbocycles. The van der Waals surface area contributed by atoms with Gasteiger partial charge in [0, 0.05) is 25.9 Å². The van der Waals surface area contributed by atoms with Gasteiger partial charge in [0.15, 0.2) is 0 Å². The zero-order valence-electron chi connectivity index (χ0n) is 24.1. The molecule has 1 aromatic rings. The third-order valence-electron chi connectivity index (χ3n) is 6.01. The first-order valence-electron chi connectivity index (χ1n) is 13.7. The zero-order chi connectivity index (χ0) is 32.0. The lowest BCUT2D eigenvalue weighted by Gasteiger charge is -2.21. The van der Waals surface area contributed by atoms with E-state index in [4.69, 9.17) is 0 Å². The fraction of sp³-hybridized carbons (Fsp3) is 0.464. The quantitative estimate of drug-likeness (QED) is 0.0491. The van der Waals surface area contributed by atoms with Gasteiger partial charge in [0.05, 0.1) is 31.0 Å². The number of nitrogens with one attached hydrogen (secondary N) is 7. The van der Waals surface area contributed by atoms with Gasteiger partial charge in [0.2, 0.25) is 23.6 Å². The molecular weight excluding hydrogens is 562 g/mol. The van der Waals surface area contributed by atoms with Gasteiger partial charge in [0.25, 0.3) is 0 Å². The first-order chi connectivity index (χ1) is 20.6. The van der Waals surface area contributed by atoms with E-state index < -0.39 is 41.8 Å². The van der Waals surface area contributed by atoms with Crippen LogP contribution in [0.5, 0.6) is 0 Å². The molecule has 0 aromatic heterocycles. The van der Waals surface area contributed by atoms with Gasteiger partial charge in [-0.1, -0.05) is 36.9 Å². The molecule has 0 fully saturated rings. The molecule has 0 aliphatic heterocycles. The second-order valence-electron chi connectivity index (χ2n) is 9.41. The summed E-state index contributed by atoms with van der Waals surface area (Å²) >= 11 is 0. The van der Waals surface area contributed by atoms with E-state index in [1.807, 2.05) is 30.3 Å². The maximum Gasteiger partial charge on any atom is 0.326 e. The number of carboxylic acids is 1. The van der Waals surface area contributed by atoms with Gasteiger partial charge in [-0.2, -0.15) is 0 Å². The number of hydrogen-bond donors (Lipinski definition) is 8. The monoisotopic (exact) mass is 603 g/mol. The molecule has 0 heterocycles. The molecule has 0 saturated heterocycles. The number of benzene rings is 1. The van der Waals surface area contributed by atoms with Crippen LogP contribution >= 0.6 is 0 Å². The summed E-state index contributed by atoms with van der Waals surface area (Å²) in [6, 6.07) is 7.02. The van der Waals surface area contributed by atoms with Crippen molar-refractivity contribution in [1.82, 2.24) is 37.2 Å². The average Bonchev–Trinajstić information content (AvgIpc) is 3.00. The number of likely N-dealkylation sites (N-methyl/N-ethyl adjacent to an activating group) is 1. The molecule has 1 aromatic carbocycles. The number of aldehydes is 2. The molecule has 8 N–H and O–H groups in total. The minimum atomic E-state index is -1.25. The lowest BCUT2D eigenvalue weighted by Crippen LogP contribution is -2.48. The molecule has 43 heavy (non-hydrogen) atoms. The summed E-state index contributed by atoms with van der Waals surface area (Å²) in [5.74, 6) is -3.04.